The number of amides is 1. The molecule has 0 aromatic carbocycles. The molecule has 0 aliphatic rings. The number of nitrogens with zero attached hydrogens (tertiary/aromatic N) is 1. The van der Waals surface area contributed by atoms with Gasteiger partial charge in [0, 0.05) is 28.3 Å². The molecule has 0 saturated heterocycles. The van der Waals surface area contributed by atoms with E-state index in [0.717, 1.165) is 0 Å². The summed E-state index contributed by atoms with van der Waals surface area (Å²) in [5, 5.41) is 3.25. The maximum Gasteiger partial charge on any atom is 0.0478 e. The Bertz CT molecular complexity index is 46.1. The second kappa shape index (κ2) is 5.21. The van der Waals surface area contributed by atoms with Crippen molar-refractivity contribution in [2.75, 3.05) is 7.05 Å². The first-order valence-corrected chi connectivity index (χ1v) is 1.37. The largest absolute Gasteiger partial charge is 0.656 e. The zero-order valence-electron chi connectivity index (χ0n) is 3.80. The van der Waals surface area contributed by atoms with Crippen LogP contribution in [-0.4, -0.2) is 13.0 Å². The summed E-state index contributed by atoms with van der Waals surface area (Å²) >= 11 is 0. The van der Waals surface area contributed by atoms with Crippen LogP contribution in [0, 0.1) is 0 Å². The van der Waals surface area contributed by atoms with Crippen molar-refractivity contribution in [1.29, 1.82) is 0 Å². The van der Waals surface area contributed by atoms with E-state index in [-0.39, 0.29) is 28.3 Å². The van der Waals surface area contributed by atoms with E-state index in [2.05, 4.69) is 5.32 Å². The van der Waals surface area contributed by atoms with Gasteiger partial charge in [-0.2, -0.15) is 0 Å². The average Bonchev–Trinajstić information content (AvgIpc) is 1.38. The molecule has 0 aliphatic heterocycles. The normalized spacial score (nSPS) is 5.67. The van der Waals surface area contributed by atoms with E-state index < -0.39 is 0 Å². The predicted molar refractivity (Wildman–Crippen MR) is 20.0 cm³/mol. The molecular weight excluding hydrogens is 247 g/mol. The zero-order valence-corrected chi connectivity index (χ0v) is 7.02. The van der Waals surface area contributed by atoms with Crippen LogP contribution >= 0.6 is 0 Å². The molecule has 1 amide bonds. The van der Waals surface area contributed by atoms with E-state index >= 15 is 0 Å². The molecule has 6 heavy (non-hydrogen) atoms. The van der Waals surface area contributed by atoms with E-state index in [4.69, 9.17) is 0 Å². The molecular formula is C3H6NOTa-. The van der Waals surface area contributed by atoms with Gasteiger partial charge in [0.05, 0.1) is 0 Å². The maximum atomic E-state index is 9.65. The fraction of sp³-hybridized carbons (Fsp3) is 0.667. The summed E-state index contributed by atoms with van der Waals surface area (Å²) in [6.45, 7) is 1.42. The van der Waals surface area contributed by atoms with Crippen molar-refractivity contribution in [2.24, 2.45) is 0 Å². The number of rotatable bonds is 0. The monoisotopic (exact) mass is 253 g/mol. The van der Waals surface area contributed by atoms with E-state index in [9.17, 15) is 4.79 Å². The van der Waals surface area contributed by atoms with Crippen molar-refractivity contribution >= 4 is 5.91 Å². The average molecular weight is 253 g/mol. The number of carbonyl (C=O) groups excluding carboxylic acids is 1. The second-order valence-corrected chi connectivity index (χ2v) is 0.743. The summed E-state index contributed by atoms with van der Waals surface area (Å²) in [5.74, 6) is -0.120. The van der Waals surface area contributed by atoms with Crippen LogP contribution in [0.2, 0.25) is 0 Å². The molecule has 0 aromatic heterocycles. The van der Waals surface area contributed by atoms with Gasteiger partial charge < -0.3 is 10.1 Å². The Hall–Kier alpha value is 0.210. The Labute approximate surface area is 52.8 Å². The minimum Gasteiger partial charge on any atom is -0.656 e. The van der Waals surface area contributed by atoms with Gasteiger partial charge in [-0.15, -0.1) is 7.05 Å². The standard InChI is InChI=1S/C3H7NO.Ta/c1-3(5)4-2;/h1-2H3,(H,4,5);/p-1. The first-order chi connectivity index (χ1) is 2.27. The Balaban J connectivity index is 0. The van der Waals surface area contributed by atoms with Crippen LogP contribution in [-0.2, 0) is 27.2 Å². The van der Waals surface area contributed by atoms with Gasteiger partial charge in [-0.05, 0) is 6.92 Å². The van der Waals surface area contributed by atoms with Gasteiger partial charge in [0.2, 0.25) is 0 Å². The summed E-state index contributed by atoms with van der Waals surface area (Å²) in [7, 11) is 1.47. The summed E-state index contributed by atoms with van der Waals surface area (Å²) in [6.07, 6.45) is 0. The predicted octanol–water partition coefficient (Wildman–Crippen LogP) is 0.534. The second-order valence-electron chi connectivity index (χ2n) is 0.743. The topological polar surface area (TPSA) is 31.2 Å². The van der Waals surface area contributed by atoms with Gasteiger partial charge in [0.1, 0.15) is 0 Å². The molecule has 0 N–H and O–H groups in total. The molecule has 2 nitrogen and oxygen atoms in total. The van der Waals surface area contributed by atoms with Gasteiger partial charge in [0.25, 0.3) is 0 Å². The van der Waals surface area contributed by atoms with Crippen molar-refractivity contribution in [3.63, 3.8) is 0 Å². The summed E-state index contributed by atoms with van der Waals surface area (Å²) in [4.78, 5) is 9.65. The Morgan fingerprint density at radius 1 is 1.67 bits per heavy atom. The number of hydrogen-bond acceptors (Lipinski definition) is 1. The molecule has 0 heterocycles. The molecule has 0 saturated carbocycles. The van der Waals surface area contributed by atoms with Crippen LogP contribution in [0.1, 0.15) is 6.92 Å². The molecule has 0 unspecified atom stereocenters. The molecule has 0 aromatic rings. The molecule has 1 radical (unpaired) electrons. The van der Waals surface area contributed by atoms with Gasteiger partial charge in [-0.3, -0.25) is 0 Å². The van der Waals surface area contributed by atoms with Gasteiger partial charge in [-0.25, -0.2) is 0 Å². The third-order valence-electron chi connectivity index (χ3n) is 0.315. The smallest absolute Gasteiger partial charge is 0.0478 e. The molecule has 0 aliphatic carbocycles. The van der Waals surface area contributed by atoms with Crippen LogP contribution in [0.15, 0.2) is 0 Å². The third-order valence-corrected chi connectivity index (χ3v) is 0.315. The molecule has 0 bridgehead atoms. The van der Waals surface area contributed by atoms with Crippen LogP contribution in [0.25, 0.3) is 5.32 Å². The Morgan fingerprint density at radius 3 is 1.83 bits per heavy atom. The minimum atomic E-state index is -0.120. The minimum absolute atomic E-state index is 0. The molecule has 0 rings (SSSR count). The fourth-order valence-corrected chi connectivity index (χ4v) is 0. The van der Waals surface area contributed by atoms with Gasteiger partial charge in [0.15, 0.2) is 0 Å². The number of carbonyl (C=O) groups is 1. The molecule has 0 fully saturated rings. The van der Waals surface area contributed by atoms with E-state index in [1.165, 1.54) is 14.0 Å². The molecule has 0 spiro atoms. The SMILES string of the molecule is C[N-]C(C)=O.[Ta]. The summed E-state index contributed by atoms with van der Waals surface area (Å²) < 4.78 is 0. The molecule has 3 heteroatoms. The Morgan fingerprint density at radius 2 is 1.83 bits per heavy atom. The van der Waals surface area contributed by atoms with E-state index in [1.54, 1.807) is 0 Å². The van der Waals surface area contributed by atoms with Crippen molar-refractivity contribution in [3.8, 4) is 0 Å². The number of hydrogen-bond donors (Lipinski definition) is 0. The van der Waals surface area contributed by atoms with E-state index in [0.29, 0.717) is 0 Å². The van der Waals surface area contributed by atoms with Crippen molar-refractivity contribution in [1.82, 2.24) is 0 Å². The van der Waals surface area contributed by atoms with Crippen LogP contribution in [0.5, 0.6) is 0 Å². The van der Waals surface area contributed by atoms with Crippen LogP contribution < -0.4 is 0 Å². The molecule has 35 valence electrons. The van der Waals surface area contributed by atoms with Gasteiger partial charge >= 0.3 is 0 Å². The third kappa shape index (κ3) is 8.88. The molecule has 0 atom stereocenters. The van der Waals surface area contributed by atoms with Gasteiger partial charge in [-0.1, -0.05) is 0 Å². The summed E-state index contributed by atoms with van der Waals surface area (Å²) in [6, 6.07) is 0. The first-order valence-electron chi connectivity index (χ1n) is 1.37. The van der Waals surface area contributed by atoms with Crippen molar-refractivity contribution < 1.29 is 27.2 Å². The quantitative estimate of drug-likeness (QED) is 0.619. The van der Waals surface area contributed by atoms with Crippen LogP contribution in [0.3, 0.4) is 0 Å². The van der Waals surface area contributed by atoms with Crippen molar-refractivity contribution in [2.45, 2.75) is 6.92 Å². The van der Waals surface area contributed by atoms with E-state index in [1.807, 2.05) is 0 Å². The zero-order chi connectivity index (χ0) is 4.28. The Kier molecular flexibility index (Phi) is 8.26. The summed E-state index contributed by atoms with van der Waals surface area (Å²) in [5.41, 5.74) is 0. The van der Waals surface area contributed by atoms with Crippen molar-refractivity contribution in [3.05, 3.63) is 5.32 Å². The van der Waals surface area contributed by atoms with Crippen LogP contribution in [0.4, 0.5) is 0 Å². The first kappa shape index (κ1) is 9.51. The maximum absolute atomic E-state index is 9.65. The fourth-order valence-electron chi connectivity index (χ4n) is 0.